The molecular formula is C15H20N2O3. The highest BCUT2D eigenvalue weighted by atomic mass is 16.5. The van der Waals surface area contributed by atoms with Gasteiger partial charge >= 0.3 is 6.09 Å². The average molecular weight is 276 g/mol. The SMILES string of the molecule is COC(=O)N1CCCC(C(=O)N(C)c2ccccc2)C1. The van der Waals surface area contributed by atoms with Crippen molar-refractivity contribution in [3.8, 4) is 0 Å². The Hall–Kier alpha value is -2.04. The first-order valence-electron chi connectivity index (χ1n) is 6.79. The lowest BCUT2D eigenvalue weighted by Crippen LogP contribution is -2.46. The molecule has 2 amide bonds. The summed E-state index contributed by atoms with van der Waals surface area (Å²) in [5.41, 5.74) is 0.868. The molecule has 1 atom stereocenters. The van der Waals surface area contributed by atoms with Gasteiger partial charge < -0.3 is 14.5 Å². The van der Waals surface area contributed by atoms with Crippen LogP contribution in [0.1, 0.15) is 12.8 Å². The third-order valence-corrected chi connectivity index (χ3v) is 3.68. The number of hydrogen-bond donors (Lipinski definition) is 0. The van der Waals surface area contributed by atoms with Gasteiger partial charge in [-0.05, 0) is 25.0 Å². The van der Waals surface area contributed by atoms with E-state index in [4.69, 9.17) is 4.74 Å². The van der Waals surface area contributed by atoms with Gasteiger partial charge in [-0.2, -0.15) is 0 Å². The number of hydrogen-bond acceptors (Lipinski definition) is 3. The zero-order valence-electron chi connectivity index (χ0n) is 11.9. The first kappa shape index (κ1) is 14.4. The molecule has 5 heteroatoms. The number of ether oxygens (including phenoxy) is 1. The molecule has 0 saturated carbocycles. The molecular weight excluding hydrogens is 256 g/mol. The minimum Gasteiger partial charge on any atom is -0.453 e. The largest absolute Gasteiger partial charge is 0.453 e. The zero-order chi connectivity index (χ0) is 14.5. The van der Waals surface area contributed by atoms with Gasteiger partial charge in [0.15, 0.2) is 0 Å². The first-order valence-corrected chi connectivity index (χ1v) is 6.79. The van der Waals surface area contributed by atoms with Crippen molar-refractivity contribution in [1.29, 1.82) is 0 Å². The maximum atomic E-state index is 12.5. The van der Waals surface area contributed by atoms with E-state index in [2.05, 4.69) is 0 Å². The molecule has 0 bridgehead atoms. The molecule has 1 aromatic carbocycles. The number of likely N-dealkylation sites (tertiary alicyclic amines) is 1. The highest BCUT2D eigenvalue weighted by Gasteiger charge is 2.30. The molecule has 1 aromatic rings. The van der Waals surface area contributed by atoms with Crippen molar-refractivity contribution in [2.24, 2.45) is 5.92 Å². The normalized spacial score (nSPS) is 18.5. The number of benzene rings is 1. The number of carbonyl (C=O) groups is 2. The Morgan fingerprint density at radius 2 is 2.00 bits per heavy atom. The molecule has 0 aliphatic carbocycles. The number of amides is 2. The van der Waals surface area contributed by atoms with Crippen LogP contribution in [0.2, 0.25) is 0 Å². The van der Waals surface area contributed by atoms with Crippen LogP contribution in [0.25, 0.3) is 0 Å². The van der Waals surface area contributed by atoms with E-state index in [9.17, 15) is 9.59 Å². The summed E-state index contributed by atoms with van der Waals surface area (Å²) in [6, 6.07) is 9.53. The zero-order valence-corrected chi connectivity index (χ0v) is 11.9. The summed E-state index contributed by atoms with van der Waals surface area (Å²) in [5.74, 6) is -0.113. The third-order valence-electron chi connectivity index (χ3n) is 3.68. The second-order valence-corrected chi connectivity index (χ2v) is 4.99. The number of para-hydroxylation sites is 1. The molecule has 1 heterocycles. The second-order valence-electron chi connectivity index (χ2n) is 4.99. The summed E-state index contributed by atoms with van der Waals surface area (Å²) in [4.78, 5) is 27.3. The summed E-state index contributed by atoms with van der Waals surface area (Å²) in [6.07, 6.45) is 1.28. The van der Waals surface area contributed by atoms with Crippen LogP contribution in [0.4, 0.5) is 10.5 Å². The predicted molar refractivity (Wildman–Crippen MR) is 76.6 cm³/mol. The van der Waals surface area contributed by atoms with Gasteiger partial charge in [-0.3, -0.25) is 4.79 Å². The van der Waals surface area contributed by atoms with E-state index in [0.717, 1.165) is 18.5 Å². The molecule has 1 unspecified atom stereocenters. The molecule has 2 rings (SSSR count). The molecule has 1 saturated heterocycles. The molecule has 0 aromatic heterocycles. The number of nitrogens with zero attached hydrogens (tertiary/aromatic N) is 2. The molecule has 1 aliphatic rings. The number of piperidine rings is 1. The monoisotopic (exact) mass is 276 g/mol. The van der Waals surface area contributed by atoms with Crippen molar-refractivity contribution >= 4 is 17.7 Å². The van der Waals surface area contributed by atoms with E-state index in [1.807, 2.05) is 30.3 Å². The lowest BCUT2D eigenvalue weighted by atomic mass is 9.96. The summed E-state index contributed by atoms with van der Waals surface area (Å²) in [6.45, 7) is 1.09. The van der Waals surface area contributed by atoms with E-state index in [0.29, 0.717) is 13.1 Å². The standard InChI is InChI=1S/C15H20N2O3/c1-16(13-8-4-3-5-9-13)14(18)12-7-6-10-17(11-12)15(19)20-2/h3-5,8-9,12H,6-7,10-11H2,1-2H3. The third kappa shape index (κ3) is 3.10. The van der Waals surface area contributed by atoms with Crippen molar-refractivity contribution in [2.75, 3.05) is 32.1 Å². The number of rotatable bonds is 2. The summed E-state index contributed by atoms with van der Waals surface area (Å²) in [5, 5.41) is 0. The fourth-order valence-electron chi connectivity index (χ4n) is 2.53. The summed E-state index contributed by atoms with van der Waals surface area (Å²) < 4.78 is 4.72. The summed E-state index contributed by atoms with van der Waals surface area (Å²) >= 11 is 0. The van der Waals surface area contributed by atoms with Crippen LogP contribution in [0.15, 0.2) is 30.3 Å². The van der Waals surface area contributed by atoms with E-state index >= 15 is 0 Å². The predicted octanol–water partition coefficient (Wildman–Crippen LogP) is 2.13. The van der Waals surface area contributed by atoms with Gasteiger partial charge in [-0.1, -0.05) is 18.2 Å². The molecule has 1 fully saturated rings. The van der Waals surface area contributed by atoms with Crippen LogP contribution >= 0.6 is 0 Å². The van der Waals surface area contributed by atoms with Crippen LogP contribution in [0.5, 0.6) is 0 Å². The summed E-state index contributed by atoms with van der Waals surface area (Å²) in [7, 11) is 3.14. The molecule has 108 valence electrons. The maximum absolute atomic E-state index is 12.5. The Kier molecular flexibility index (Phi) is 4.61. The number of anilines is 1. The second kappa shape index (κ2) is 6.41. The van der Waals surface area contributed by atoms with Crippen LogP contribution in [-0.4, -0.2) is 44.1 Å². The van der Waals surface area contributed by atoms with Crippen LogP contribution in [0, 0.1) is 5.92 Å². The van der Waals surface area contributed by atoms with Gasteiger partial charge in [0, 0.05) is 25.8 Å². The van der Waals surface area contributed by atoms with E-state index in [1.54, 1.807) is 16.8 Å². The van der Waals surface area contributed by atoms with Crippen molar-refractivity contribution in [3.05, 3.63) is 30.3 Å². The minimum atomic E-state index is -0.357. The number of carbonyl (C=O) groups excluding carboxylic acids is 2. The van der Waals surface area contributed by atoms with Crippen LogP contribution < -0.4 is 4.90 Å². The molecule has 0 spiro atoms. The lowest BCUT2D eigenvalue weighted by Gasteiger charge is -2.33. The van der Waals surface area contributed by atoms with Gasteiger partial charge in [0.05, 0.1) is 13.0 Å². The van der Waals surface area contributed by atoms with Crippen molar-refractivity contribution < 1.29 is 14.3 Å². The van der Waals surface area contributed by atoms with Crippen molar-refractivity contribution in [3.63, 3.8) is 0 Å². The van der Waals surface area contributed by atoms with Crippen LogP contribution in [0.3, 0.4) is 0 Å². The fourth-order valence-corrected chi connectivity index (χ4v) is 2.53. The topological polar surface area (TPSA) is 49.9 Å². The minimum absolute atomic E-state index is 0.0461. The average Bonchev–Trinajstić information content (AvgIpc) is 2.53. The lowest BCUT2D eigenvalue weighted by molar-refractivity contribution is -0.123. The van der Waals surface area contributed by atoms with Gasteiger partial charge in [0.25, 0.3) is 0 Å². The molecule has 0 radical (unpaired) electrons. The van der Waals surface area contributed by atoms with Gasteiger partial charge in [-0.25, -0.2) is 4.79 Å². The molecule has 1 aliphatic heterocycles. The van der Waals surface area contributed by atoms with Crippen molar-refractivity contribution in [2.45, 2.75) is 12.8 Å². The number of methoxy groups -OCH3 is 1. The highest BCUT2D eigenvalue weighted by molar-refractivity contribution is 5.94. The fraction of sp³-hybridized carbons (Fsp3) is 0.467. The molecule has 20 heavy (non-hydrogen) atoms. The maximum Gasteiger partial charge on any atom is 0.409 e. The van der Waals surface area contributed by atoms with E-state index < -0.39 is 0 Å². The van der Waals surface area contributed by atoms with E-state index in [-0.39, 0.29) is 17.9 Å². The first-order chi connectivity index (χ1) is 9.63. The van der Waals surface area contributed by atoms with Gasteiger partial charge in [0.2, 0.25) is 5.91 Å². The molecule has 5 nitrogen and oxygen atoms in total. The Bertz CT molecular complexity index is 475. The smallest absolute Gasteiger partial charge is 0.409 e. The van der Waals surface area contributed by atoms with E-state index in [1.165, 1.54) is 7.11 Å². The van der Waals surface area contributed by atoms with Crippen LogP contribution in [-0.2, 0) is 9.53 Å². The Morgan fingerprint density at radius 1 is 1.30 bits per heavy atom. The van der Waals surface area contributed by atoms with Crippen molar-refractivity contribution in [1.82, 2.24) is 4.90 Å². The highest BCUT2D eigenvalue weighted by Crippen LogP contribution is 2.22. The van der Waals surface area contributed by atoms with Gasteiger partial charge in [-0.15, -0.1) is 0 Å². The quantitative estimate of drug-likeness (QED) is 0.831. The van der Waals surface area contributed by atoms with Gasteiger partial charge in [0.1, 0.15) is 0 Å². The Labute approximate surface area is 119 Å². The molecule has 0 N–H and O–H groups in total. The Balaban J connectivity index is 2.03. The Morgan fingerprint density at radius 3 is 2.65 bits per heavy atom.